The van der Waals surface area contributed by atoms with Crippen molar-refractivity contribution in [2.45, 2.75) is 53.1 Å². The fourth-order valence-electron chi connectivity index (χ4n) is 3.40. The lowest BCUT2D eigenvalue weighted by Crippen LogP contribution is -2.47. The predicted molar refractivity (Wildman–Crippen MR) is 93.1 cm³/mol. The molecule has 1 N–H and O–H groups in total. The number of amides is 1. The van der Waals surface area contributed by atoms with Crippen LogP contribution in [0.25, 0.3) is 0 Å². The number of nitrogens with zero attached hydrogens (tertiary/aromatic N) is 5. The third-order valence-corrected chi connectivity index (χ3v) is 4.75. The SMILES string of the molecule is Cc1nc(C)n(C[C@H]2CCCN([C@H](C)C(=O)Nc3cc(C)on3)C2)n1. The maximum atomic E-state index is 12.5. The van der Waals surface area contributed by atoms with E-state index >= 15 is 0 Å². The maximum absolute atomic E-state index is 12.5. The lowest BCUT2D eigenvalue weighted by atomic mass is 9.96. The number of piperidine rings is 1. The van der Waals surface area contributed by atoms with Gasteiger partial charge in [0.05, 0.1) is 6.04 Å². The molecule has 2 atom stereocenters. The van der Waals surface area contributed by atoms with Gasteiger partial charge in [0.15, 0.2) is 5.82 Å². The molecule has 1 aliphatic rings. The molecule has 8 heteroatoms. The lowest BCUT2D eigenvalue weighted by Gasteiger charge is -2.36. The van der Waals surface area contributed by atoms with E-state index in [1.807, 2.05) is 25.5 Å². The van der Waals surface area contributed by atoms with E-state index in [0.29, 0.717) is 17.5 Å². The van der Waals surface area contributed by atoms with Crippen molar-refractivity contribution in [2.75, 3.05) is 18.4 Å². The summed E-state index contributed by atoms with van der Waals surface area (Å²) in [5.74, 6) is 3.32. The van der Waals surface area contributed by atoms with Gasteiger partial charge in [0, 0.05) is 19.2 Å². The number of rotatable bonds is 5. The second-order valence-electron chi connectivity index (χ2n) is 6.88. The molecule has 1 fully saturated rings. The molecule has 2 aromatic heterocycles. The van der Waals surface area contributed by atoms with Crippen LogP contribution in [0.5, 0.6) is 0 Å². The molecule has 3 heterocycles. The van der Waals surface area contributed by atoms with Crippen molar-refractivity contribution in [2.24, 2.45) is 5.92 Å². The number of aromatic nitrogens is 4. The van der Waals surface area contributed by atoms with Gasteiger partial charge in [-0.1, -0.05) is 5.16 Å². The molecule has 0 saturated carbocycles. The Morgan fingerprint density at radius 3 is 2.88 bits per heavy atom. The third kappa shape index (κ3) is 4.25. The van der Waals surface area contributed by atoms with Gasteiger partial charge in [0.1, 0.15) is 17.4 Å². The molecule has 8 nitrogen and oxygen atoms in total. The molecule has 0 aliphatic carbocycles. The van der Waals surface area contributed by atoms with Gasteiger partial charge in [0.25, 0.3) is 0 Å². The first-order valence-corrected chi connectivity index (χ1v) is 8.78. The zero-order valence-corrected chi connectivity index (χ0v) is 15.3. The Hall–Kier alpha value is -2.22. The molecule has 1 saturated heterocycles. The van der Waals surface area contributed by atoms with Crippen LogP contribution in [0.2, 0.25) is 0 Å². The van der Waals surface area contributed by atoms with E-state index in [4.69, 9.17) is 4.52 Å². The van der Waals surface area contributed by atoms with Gasteiger partial charge in [-0.15, -0.1) is 0 Å². The minimum atomic E-state index is -0.210. The Bertz CT molecular complexity index is 737. The number of hydrogen-bond donors (Lipinski definition) is 1. The van der Waals surface area contributed by atoms with Gasteiger partial charge < -0.3 is 9.84 Å². The van der Waals surface area contributed by atoms with Crippen LogP contribution in [0.1, 0.15) is 37.2 Å². The van der Waals surface area contributed by atoms with Crippen molar-refractivity contribution in [1.29, 1.82) is 0 Å². The van der Waals surface area contributed by atoms with E-state index in [1.54, 1.807) is 13.0 Å². The average Bonchev–Trinajstić information content (AvgIpc) is 3.11. The van der Waals surface area contributed by atoms with Crippen LogP contribution in [-0.2, 0) is 11.3 Å². The topological polar surface area (TPSA) is 89.1 Å². The molecule has 1 amide bonds. The number of aryl methyl sites for hydroxylation is 3. The van der Waals surface area contributed by atoms with Crippen molar-refractivity contribution < 1.29 is 9.32 Å². The smallest absolute Gasteiger partial charge is 0.242 e. The number of likely N-dealkylation sites (tertiary alicyclic amines) is 1. The first-order valence-electron chi connectivity index (χ1n) is 8.78. The van der Waals surface area contributed by atoms with Crippen LogP contribution in [0.3, 0.4) is 0 Å². The molecule has 2 aromatic rings. The number of anilines is 1. The highest BCUT2D eigenvalue weighted by Crippen LogP contribution is 2.21. The zero-order chi connectivity index (χ0) is 18.0. The van der Waals surface area contributed by atoms with Crippen LogP contribution in [0.15, 0.2) is 10.6 Å². The van der Waals surface area contributed by atoms with Gasteiger partial charge >= 0.3 is 0 Å². The Morgan fingerprint density at radius 2 is 2.24 bits per heavy atom. The van der Waals surface area contributed by atoms with E-state index < -0.39 is 0 Å². The van der Waals surface area contributed by atoms with Crippen LogP contribution < -0.4 is 5.32 Å². The summed E-state index contributed by atoms with van der Waals surface area (Å²) in [4.78, 5) is 19.1. The minimum absolute atomic E-state index is 0.0540. The summed E-state index contributed by atoms with van der Waals surface area (Å²) in [5, 5.41) is 11.1. The number of nitrogens with one attached hydrogen (secondary N) is 1. The predicted octanol–water partition coefficient (Wildman–Crippen LogP) is 1.93. The van der Waals surface area contributed by atoms with Crippen LogP contribution in [0.4, 0.5) is 5.82 Å². The third-order valence-electron chi connectivity index (χ3n) is 4.75. The van der Waals surface area contributed by atoms with Crippen LogP contribution >= 0.6 is 0 Å². The average molecular weight is 346 g/mol. The summed E-state index contributed by atoms with van der Waals surface area (Å²) < 4.78 is 6.97. The number of carbonyl (C=O) groups is 1. The first-order chi connectivity index (χ1) is 11.9. The molecule has 0 aromatic carbocycles. The van der Waals surface area contributed by atoms with E-state index in [1.165, 1.54) is 0 Å². The van der Waals surface area contributed by atoms with Crippen molar-refractivity contribution in [3.8, 4) is 0 Å². The zero-order valence-electron chi connectivity index (χ0n) is 15.3. The second-order valence-corrected chi connectivity index (χ2v) is 6.88. The molecular weight excluding hydrogens is 320 g/mol. The van der Waals surface area contributed by atoms with Crippen molar-refractivity contribution in [3.63, 3.8) is 0 Å². The molecule has 3 rings (SSSR count). The normalized spacial score (nSPS) is 19.8. The highest BCUT2D eigenvalue weighted by Gasteiger charge is 2.28. The summed E-state index contributed by atoms with van der Waals surface area (Å²) in [6, 6.07) is 1.51. The second kappa shape index (κ2) is 7.35. The highest BCUT2D eigenvalue weighted by atomic mass is 16.5. The van der Waals surface area contributed by atoms with Crippen molar-refractivity contribution >= 4 is 11.7 Å². The monoisotopic (exact) mass is 346 g/mol. The molecule has 25 heavy (non-hydrogen) atoms. The van der Waals surface area contributed by atoms with Gasteiger partial charge in [-0.3, -0.25) is 9.69 Å². The van der Waals surface area contributed by atoms with Gasteiger partial charge in [-0.05, 0) is 53.0 Å². The van der Waals surface area contributed by atoms with Crippen LogP contribution in [0, 0.1) is 26.7 Å². The summed E-state index contributed by atoms with van der Waals surface area (Å²) >= 11 is 0. The fourth-order valence-corrected chi connectivity index (χ4v) is 3.40. The van der Waals surface area contributed by atoms with Crippen molar-refractivity contribution in [1.82, 2.24) is 24.8 Å². The Labute approximate surface area is 147 Å². The first kappa shape index (κ1) is 17.6. The molecular formula is C17H26N6O2. The van der Waals surface area contributed by atoms with Gasteiger partial charge in [-0.2, -0.15) is 5.10 Å². The van der Waals surface area contributed by atoms with E-state index in [2.05, 4.69) is 25.5 Å². The van der Waals surface area contributed by atoms with Gasteiger partial charge in [0.2, 0.25) is 5.91 Å². The molecule has 0 radical (unpaired) electrons. The number of hydrogen-bond acceptors (Lipinski definition) is 6. The summed E-state index contributed by atoms with van der Waals surface area (Å²) in [6.45, 7) is 10.3. The molecule has 0 bridgehead atoms. The van der Waals surface area contributed by atoms with Gasteiger partial charge in [-0.25, -0.2) is 9.67 Å². The minimum Gasteiger partial charge on any atom is -0.360 e. The fraction of sp³-hybridized carbons (Fsp3) is 0.647. The Morgan fingerprint density at radius 1 is 1.44 bits per heavy atom. The van der Waals surface area contributed by atoms with E-state index in [9.17, 15) is 4.79 Å². The largest absolute Gasteiger partial charge is 0.360 e. The summed E-state index contributed by atoms with van der Waals surface area (Å²) in [5.41, 5.74) is 0. The Kier molecular flexibility index (Phi) is 5.17. The van der Waals surface area contributed by atoms with Crippen LogP contribution in [-0.4, -0.2) is 49.9 Å². The molecule has 0 spiro atoms. The molecule has 1 aliphatic heterocycles. The molecule has 136 valence electrons. The molecule has 0 unspecified atom stereocenters. The standard InChI is InChI=1S/C17H26N6O2/c1-11-8-16(21-25-11)19-17(24)12(2)22-7-5-6-15(9-22)10-23-14(4)18-13(3)20-23/h8,12,15H,5-7,9-10H2,1-4H3,(H,19,21,24)/t12-,15+/m1/s1. The maximum Gasteiger partial charge on any atom is 0.242 e. The highest BCUT2D eigenvalue weighted by molar-refractivity contribution is 5.93. The van der Waals surface area contributed by atoms with E-state index in [0.717, 1.165) is 44.1 Å². The number of carbonyl (C=O) groups excluding carboxylic acids is 1. The quantitative estimate of drug-likeness (QED) is 0.890. The summed E-state index contributed by atoms with van der Waals surface area (Å²) in [7, 11) is 0. The van der Waals surface area contributed by atoms with E-state index in [-0.39, 0.29) is 11.9 Å². The Balaban J connectivity index is 1.58. The van der Waals surface area contributed by atoms with Crippen molar-refractivity contribution in [3.05, 3.63) is 23.5 Å². The summed E-state index contributed by atoms with van der Waals surface area (Å²) in [6.07, 6.45) is 2.23. The lowest BCUT2D eigenvalue weighted by molar-refractivity contribution is -0.121.